The third-order valence-corrected chi connectivity index (χ3v) is 5.51. The Morgan fingerprint density at radius 1 is 1.12 bits per heavy atom. The summed E-state index contributed by atoms with van der Waals surface area (Å²) in [6.07, 6.45) is 1.56. The average Bonchev–Trinajstić information content (AvgIpc) is 3.30. The van der Waals surface area contributed by atoms with Gasteiger partial charge in [-0.15, -0.1) is 0 Å². The lowest BCUT2D eigenvalue weighted by atomic mass is 10.2. The zero-order valence-corrected chi connectivity index (χ0v) is 20.0. The molecule has 0 saturated heterocycles. The lowest BCUT2D eigenvalue weighted by Crippen LogP contribution is -2.25. The van der Waals surface area contributed by atoms with Crippen LogP contribution in [0.15, 0.2) is 65.8 Å². The maximum Gasteiger partial charge on any atom is 0.259 e. The van der Waals surface area contributed by atoms with Gasteiger partial charge in [0.15, 0.2) is 23.0 Å². The Labute approximate surface area is 205 Å². The summed E-state index contributed by atoms with van der Waals surface area (Å²) in [7, 11) is 1.59. The Kier molecular flexibility index (Phi) is 7.51. The van der Waals surface area contributed by atoms with E-state index in [1.165, 1.54) is 0 Å². The molecule has 0 saturated carbocycles. The van der Waals surface area contributed by atoms with Crippen LogP contribution in [0.4, 0.5) is 5.69 Å². The van der Waals surface area contributed by atoms with Crippen molar-refractivity contribution in [2.45, 2.75) is 6.61 Å². The number of hydrazone groups is 1. The van der Waals surface area contributed by atoms with Crippen molar-refractivity contribution >= 4 is 40.4 Å². The van der Waals surface area contributed by atoms with Crippen LogP contribution in [0.25, 0.3) is 0 Å². The highest BCUT2D eigenvalue weighted by molar-refractivity contribution is 14.1. The molecular formula is C24H22IN3O5. The van der Waals surface area contributed by atoms with Crippen molar-refractivity contribution in [2.75, 3.05) is 25.8 Å². The van der Waals surface area contributed by atoms with Crippen molar-refractivity contribution in [3.05, 3.63) is 75.4 Å². The van der Waals surface area contributed by atoms with Gasteiger partial charge in [0.05, 0.1) is 23.4 Å². The highest BCUT2D eigenvalue weighted by atomic mass is 127. The minimum Gasteiger partial charge on any atom is -0.493 e. The van der Waals surface area contributed by atoms with Crippen molar-refractivity contribution < 1.29 is 23.7 Å². The number of carbonyl (C=O) groups is 1. The summed E-state index contributed by atoms with van der Waals surface area (Å²) in [5.41, 5.74) is 5.10. The molecule has 1 aliphatic heterocycles. The molecule has 1 amide bonds. The number of halogens is 1. The Bertz CT molecular complexity index is 1150. The van der Waals surface area contributed by atoms with E-state index in [1.54, 1.807) is 25.5 Å². The van der Waals surface area contributed by atoms with Gasteiger partial charge in [-0.1, -0.05) is 30.3 Å². The maximum absolute atomic E-state index is 12.1. The van der Waals surface area contributed by atoms with Crippen molar-refractivity contribution in [1.29, 1.82) is 0 Å². The van der Waals surface area contributed by atoms with Gasteiger partial charge in [-0.25, -0.2) is 5.43 Å². The molecule has 0 unspecified atom stereocenters. The molecule has 3 aromatic carbocycles. The molecule has 0 bridgehead atoms. The van der Waals surface area contributed by atoms with Gasteiger partial charge in [-0.3, -0.25) is 4.79 Å². The number of carbonyl (C=O) groups excluding carboxylic acids is 1. The smallest absolute Gasteiger partial charge is 0.259 e. The summed E-state index contributed by atoms with van der Waals surface area (Å²) in [5, 5.41) is 7.07. The summed E-state index contributed by atoms with van der Waals surface area (Å²) < 4.78 is 22.9. The van der Waals surface area contributed by atoms with E-state index in [4.69, 9.17) is 18.9 Å². The van der Waals surface area contributed by atoms with E-state index in [0.29, 0.717) is 29.6 Å². The minimum absolute atomic E-state index is 0.0596. The fraction of sp³-hybridized carbons (Fsp3) is 0.167. The number of amides is 1. The molecule has 33 heavy (non-hydrogen) atoms. The fourth-order valence-corrected chi connectivity index (χ4v) is 3.87. The number of rotatable bonds is 9. The largest absolute Gasteiger partial charge is 0.493 e. The number of nitrogens with one attached hydrogen (secondary N) is 2. The van der Waals surface area contributed by atoms with Crippen molar-refractivity contribution in [3.63, 3.8) is 0 Å². The summed E-state index contributed by atoms with van der Waals surface area (Å²) in [6.45, 7) is 0.703. The van der Waals surface area contributed by atoms with Gasteiger partial charge in [-0.2, -0.15) is 5.10 Å². The summed E-state index contributed by atoms with van der Waals surface area (Å²) in [6, 6.07) is 19.0. The average molecular weight is 559 g/mol. The number of benzene rings is 3. The van der Waals surface area contributed by atoms with Crippen LogP contribution < -0.4 is 29.7 Å². The molecule has 9 heteroatoms. The predicted octanol–water partition coefficient (Wildman–Crippen LogP) is 4.17. The van der Waals surface area contributed by atoms with Crippen molar-refractivity contribution in [1.82, 2.24) is 5.43 Å². The highest BCUT2D eigenvalue weighted by Gasteiger charge is 2.14. The Morgan fingerprint density at radius 3 is 2.76 bits per heavy atom. The third-order valence-electron chi connectivity index (χ3n) is 4.71. The van der Waals surface area contributed by atoms with E-state index in [1.807, 2.05) is 48.5 Å². The van der Waals surface area contributed by atoms with Gasteiger partial charge in [0, 0.05) is 11.8 Å². The van der Waals surface area contributed by atoms with Crippen molar-refractivity contribution in [3.8, 4) is 23.0 Å². The second-order valence-corrected chi connectivity index (χ2v) is 8.19. The van der Waals surface area contributed by atoms with E-state index in [9.17, 15) is 4.79 Å². The molecule has 0 fully saturated rings. The van der Waals surface area contributed by atoms with Gasteiger partial charge < -0.3 is 24.3 Å². The van der Waals surface area contributed by atoms with E-state index < -0.39 is 0 Å². The molecule has 2 N–H and O–H groups in total. The molecule has 170 valence electrons. The Balaban J connectivity index is 1.31. The normalized spacial score (nSPS) is 11.9. The van der Waals surface area contributed by atoms with Crippen LogP contribution in [0.3, 0.4) is 0 Å². The first-order valence-corrected chi connectivity index (χ1v) is 11.2. The highest BCUT2D eigenvalue weighted by Crippen LogP contribution is 2.35. The number of hydrogen-bond acceptors (Lipinski definition) is 7. The van der Waals surface area contributed by atoms with Crippen LogP contribution in [-0.2, 0) is 11.4 Å². The summed E-state index contributed by atoms with van der Waals surface area (Å²) >= 11 is 2.19. The summed E-state index contributed by atoms with van der Waals surface area (Å²) in [4.78, 5) is 12.1. The number of ether oxygens (including phenoxy) is 4. The van der Waals surface area contributed by atoms with E-state index in [0.717, 1.165) is 20.4 Å². The number of nitrogens with zero attached hydrogens (tertiary/aromatic N) is 1. The fourth-order valence-electron chi connectivity index (χ4n) is 3.09. The second-order valence-electron chi connectivity index (χ2n) is 7.02. The van der Waals surface area contributed by atoms with E-state index in [2.05, 4.69) is 38.4 Å². The molecule has 1 heterocycles. The second kappa shape index (κ2) is 10.9. The zero-order valence-electron chi connectivity index (χ0n) is 17.8. The van der Waals surface area contributed by atoms with Crippen LogP contribution in [0.1, 0.15) is 11.1 Å². The van der Waals surface area contributed by atoms with Gasteiger partial charge >= 0.3 is 0 Å². The molecule has 3 aromatic rings. The molecule has 0 aromatic heterocycles. The Morgan fingerprint density at radius 2 is 1.94 bits per heavy atom. The van der Waals surface area contributed by atoms with Gasteiger partial charge in [-0.05, 0) is 58.0 Å². The SMILES string of the molecule is COc1cc(/C=N/NC(=O)CNc2ccc3c(c2)OCO3)cc(I)c1OCc1ccccc1. The lowest BCUT2D eigenvalue weighted by molar-refractivity contribution is -0.119. The van der Waals surface area contributed by atoms with Crippen LogP contribution in [0, 0.1) is 3.57 Å². The molecule has 1 aliphatic rings. The summed E-state index contributed by atoms with van der Waals surface area (Å²) in [5.74, 6) is 2.31. The third kappa shape index (κ3) is 6.07. The molecule has 8 nitrogen and oxygen atoms in total. The molecule has 0 spiro atoms. The quantitative estimate of drug-likeness (QED) is 0.233. The predicted molar refractivity (Wildman–Crippen MR) is 133 cm³/mol. The maximum atomic E-state index is 12.1. The lowest BCUT2D eigenvalue weighted by Gasteiger charge is -2.13. The molecule has 0 aliphatic carbocycles. The van der Waals surface area contributed by atoms with Gasteiger partial charge in [0.1, 0.15) is 6.61 Å². The van der Waals surface area contributed by atoms with E-state index in [-0.39, 0.29) is 19.2 Å². The molecule has 0 atom stereocenters. The Hall–Kier alpha value is -3.47. The molecule has 4 rings (SSSR count). The molecular weight excluding hydrogens is 537 g/mol. The first-order chi connectivity index (χ1) is 16.1. The molecule has 0 radical (unpaired) electrons. The standard InChI is InChI=1S/C24H22IN3O5/c1-30-22-10-17(9-19(25)24(22)31-14-16-5-3-2-4-6-16)12-27-28-23(29)13-26-18-7-8-20-21(11-18)33-15-32-20/h2-12,26H,13-15H2,1H3,(H,28,29)/b27-12+. The van der Waals surface area contributed by atoms with Crippen LogP contribution in [0.2, 0.25) is 0 Å². The number of fused-ring (bicyclic) bond motifs is 1. The van der Waals surface area contributed by atoms with Crippen LogP contribution in [-0.4, -0.2) is 32.6 Å². The first kappa shape index (κ1) is 22.7. The van der Waals surface area contributed by atoms with Crippen LogP contribution in [0.5, 0.6) is 23.0 Å². The topological polar surface area (TPSA) is 90.4 Å². The van der Waals surface area contributed by atoms with Crippen LogP contribution >= 0.6 is 22.6 Å². The van der Waals surface area contributed by atoms with Crippen molar-refractivity contribution in [2.24, 2.45) is 5.10 Å². The van der Waals surface area contributed by atoms with Gasteiger partial charge in [0.2, 0.25) is 6.79 Å². The van der Waals surface area contributed by atoms with Gasteiger partial charge in [0.25, 0.3) is 5.91 Å². The monoisotopic (exact) mass is 559 g/mol. The number of methoxy groups -OCH3 is 1. The number of hydrogen-bond donors (Lipinski definition) is 2. The first-order valence-electron chi connectivity index (χ1n) is 10.1. The van der Waals surface area contributed by atoms with E-state index >= 15 is 0 Å². The zero-order chi connectivity index (χ0) is 23.0. The minimum atomic E-state index is -0.284. The number of anilines is 1.